The van der Waals surface area contributed by atoms with E-state index in [0.717, 1.165) is 5.56 Å². The number of rotatable bonds is 8. The van der Waals surface area contributed by atoms with Gasteiger partial charge >= 0.3 is 0 Å². The van der Waals surface area contributed by atoms with Crippen molar-refractivity contribution in [2.45, 2.75) is 43.5 Å². The second-order valence-corrected chi connectivity index (χ2v) is 7.63. The maximum absolute atomic E-state index is 12.3. The number of hydrogen-bond donors (Lipinski definition) is 2. The van der Waals surface area contributed by atoms with E-state index in [4.69, 9.17) is 14.2 Å². The number of aliphatic hydroxyl groups excluding tert-OH is 1. The smallest absolute Gasteiger partial charge is 0.269 e. The molecule has 0 radical (unpaired) electrons. The molecule has 2 saturated heterocycles. The first-order valence-electron chi connectivity index (χ1n) is 10.1. The van der Waals surface area contributed by atoms with E-state index in [1.165, 1.54) is 24.3 Å². The molecule has 5 atom stereocenters. The van der Waals surface area contributed by atoms with Crippen LogP contribution in [0.1, 0.15) is 22.3 Å². The van der Waals surface area contributed by atoms with Gasteiger partial charge in [0.1, 0.15) is 18.3 Å². The molecule has 2 heterocycles. The van der Waals surface area contributed by atoms with Crippen LogP contribution < -0.4 is 5.32 Å². The van der Waals surface area contributed by atoms with Crippen molar-refractivity contribution in [3.63, 3.8) is 0 Å². The summed E-state index contributed by atoms with van der Waals surface area (Å²) in [5, 5.41) is 23.2. The van der Waals surface area contributed by atoms with Gasteiger partial charge in [-0.05, 0) is 17.7 Å². The van der Waals surface area contributed by atoms with Crippen LogP contribution in [0.2, 0.25) is 0 Å². The van der Waals surface area contributed by atoms with E-state index in [1.54, 1.807) is 0 Å². The predicted molar refractivity (Wildman–Crippen MR) is 109 cm³/mol. The van der Waals surface area contributed by atoms with Gasteiger partial charge in [-0.3, -0.25) is 14.9 Å². The normalized spacial score (nSPS) is 27.1. The van der Waals surface area contributed by atoms with Crippen LogP contribution in [0.25, 0.3) is 0 Å². The zero-order valence-corrected chi connectivity index (χ0v) is 16.8. The van der Waals surface area contributed by atoms with Crippen LogP contribution in [0.3, 0.4) is 0 Å². The van der Waals surface area contributed by atoms with Gasteiger partial charge in [-0.2, -0.15) is 0 Å². The number of aliphatic hydroxyl groups is 1. The van der Waals surface area contributed by atoms with Crippen molar-refractivity contribution in [3.05, 3.63) is 75.8 Å². The number of amides is 1. The minimum Gasteiger partial charge on any atom is -0.394 e. The molecular weight excluding hydrogens is 404 g/mol. The molecule has 1 amide bonds. The monoisotopic (exact) mass is 428 g/mol. The number of nitrogens with zero attached hydrogens (tertiary/aromatic N) is 1. The highest BCUT2D eigenvalue weighted by atomic mass is 16.6. The number of non-ortho nitro benzene ring substituents is 1. The summed E-state index contributed by atoms with van der Waals surface area (Å²) in [6.07, 6.45) is -1.05. The quantitative estimate of drug-likeness (QED) is 0.486. The van der Waals surface area contributed by atoms with Crippen molar-refractivity contribution in [2.24, 2.45) is 0 Å². The second-order valence-electron chi connectivity index (χ2n) is 7.63. The van der Waals surface area contributed by atoms with Crippen LogP contribution in [0, 0.1) is 10.1 Å². The minimum absolute atomic E-state index is 0.0689. The molecule has 9 nitrogen and oxygen atoms in total. The molecule has 4 rings (SSSR count). The van der Waals surface area contributed by atoms with E-state index in [0.29, 0.717) is 18.6 Å². The Morgan fingerprint density at radius 1 is 1.16 bits per heavy atom. The molecule has 0 saturated carbocycles. The molecule has 9 heteroatoms. The fourth-order valence-corrected chi connectivity index (χ4v) is 3.98. The van der Waals surface area contributed by atoms with Gasteiger partial charge in [-0.1, -0.05) is 30.3 Å². The predicted octanol–water partition coefficient (Wildman–Crippen LogP) is 1.83. The molecule has 2 aromatic carbocycles. The van der Waals surface area contributed by atoms with E-state index in [1.807, 2.05) is 30.3 Å². The van der Waals surface area contributed by atoms with E-state index in [2.05, 4.69) is 5.32 Å². The zero-order valence-electron chi connectivity index (χ0n) is 16.8. The Labute approximate surface area is 179 Å². The first kappa shape index (κ1) is 21.4. The van der Waals surface area contributed by atoms with Gasteiger partial charge in [-0.15, -0.1) is 0 Å². The van der Waals surface area contributed by atoms with Crippen LogP contribution in [0.15, 0.2) is 54.6 Å². The number of nitro groups is 1. The van der Waals surface area contributed by atoms with Gasteiger partial charge < -0.3 is 24.6 Å². The topological polar surface area (TPSA) is 120 Å². The maximum atomic E-state index is 12.3. The fourth-order valence-electron chi connectivity index (χ4n) is 3.98. The van der Waals surface area contributed by atoms with Crippen LogP contribution >= 0.6 is 0 Å². The highest BCUT2D eigenvalue weighted by molar-refractivity contribution is 5.94. The summed E-state index contributed by atoms with van der Waals surface area (Å²) in [5.41, 5.74) is 1.29. The summed E-state index contributed by atoms with van der Waals surface area (Å²) in [5.74, 6) is -0.332. The highest BCUT2D eigenvalue weighted by Crippen LogP contribution is 2.36. The first-order chi connectivity index (χ1) is 15.0. The number of carbonyl (C=O) groups excluding carboxylic acids is 1. The summed E-state index contributed by atoms with van der Waals surface area (Å²) < 4.78 is 18.0. The van der Waals surface area contributed by atoms with Crippen molar-refractivity contribution >= 4 is 11.6 Å². The van der Waals surface area contributed by atoms with Crippen LogP contribution in [-0.4, -0.2) is 59.6 Å². The second kappa shape index (κ2) is 9.52. The standard InChI is InChI=1S/C22H24N2O7/c25-12-19-20(29-13-14-4-2-1-3-5-14)21-18(31-19)10-17(30-21)11-23-22(26)15-6-8-16(9-7-15)24(27)28/h1-9,17-21,25H,10-13H2,(H,23,26)/t17-,18-,19+,20+,21+/m0/s1. The van der Waals surface area contributed by atoms with E-state index in [-0.39, 0.29) is 43.1 Å². The highest BCUT2D eigenvalue weighted by Gasteiger charge is 2.51. The van der Waals surface area contributed by atoms with Gasteiger partial charge in [0, 0.05) is 30.7 Å². The molecule has 0 aliphatic carbocycles. The van der Waals surface area contributed by atoms with E-state index >= 15 is 0 Å². The van der Waals surface area contributed by atoms with Crippen LogP contribution in [0.5, 0.6) is 0 Å². The molecular formula is C22H24N2O7. The summed E-state index contributed by atoms with van der Waals surface area (Å²) in [4.78, 5) is 22.5. The molecule has 2 aliphatic rings. The SMILES string of the molecule is O=C(NC[C@@H]1C[C@@H]2O[C@H](CO)[C@@H](OCc3ccccc3)[C@@H]2O1)c1ccc([N+](=O)[O-])cc1. The summed E-state index contributed by atoms with van der Waals surface area (Å²) >= 11 is 0. The van der Waals surface area contributed by atoms with E-state index in [9.17, 15) is 20.0 Å². The average molecular weight is 428 g/mol. The largest absolute Gasteiger partial charge is 0.394 e. The van der Waals surface area contributed by atoms with Gasteiger partial charge in [-0.25, -0.2) is 0 Å². The molecule has 2 aliphatic heterocycles. The molecule has 31 heavy (non-hydrogen) atoms. The molecule has 0 unspecified atom stereocenters. The van der Waals surface area contributed by atoms with Crippen molar-refractivity contribution in [2.75, 3.05) is 13.2 Å². The molecule has 164 valence electrons. The third-order valence-electron chi connectivity index (χ3n) is 5.55. The molecule has 2 fully saturated rings. The summed E-state index contributed by atoms with van der Waals surface area (Å²) in [6.45, 7) is 0.512. The Bertz CT molecular complexity index is 906. The fraction of sp³-hybridized carbons (Fsp3) is 0.409. The van der Waals surface area contributed by atoms with Crippen molar-refractivity contribution in [3.8, 4) is 0 Å². The lowest BCUT2D eigenvalue weighted by Gasteiger charge is -2.23. The lowest BCUT2D eigenvalue weighted by molar-refractivity contribution is -0.384. The summed E-state index contributed by atoms with van der Waals surface area (Å²) in [6, 6.07) is 15.2. The van der Waals surface area contributed by atoms with Gasteiger partial charge in [0.25, 0.3) is 11.6 Å². The molecule has 0 aromatic heterocycles. The van der Waals surface area contributed by atoms with Crippen LogP contribution in [0.4, 0.5) is 5.69 Å². The number of nitrogens with one attached hydrogen (secondary N) is 1. The molecule has 2 N–H and O–H groups in total. The lowest BCUT2D eigenvalue weighted by Crippen LogP contribution is -2.38. The zero-order chi connectivity index (χ0) is 21.8. The van der Waals surface area contributed by atoms with Gasteiger partial charge in [0.05, 0.1) is 30.3 Å². The van der Waals surface area contributed by atoms with Gasteiger partial charge in [0.2, 0.25) is 0 Å². The molecule has 0 spiro atoms. The number of carbonyl (C=O) groups is 1. The number of benzene rings is 2. The Morgan fingerprint density at radius 2 is 1.90 bits per heavy atom. The maximum Gasteiger partial charge on any atom is 0.269 e. The van der Waals surface area contributed by atoms with Gasteiger partial charge in [0.15, 0.2) is 0 Å². The van der Waals surface area contributed by atoms with Crippen molar-refractivity contribution in [1.29, 1.82) is 0 Å². The third-order valence-corrected chi connectivity index (χ3v) is 5.55. The first-order valence-corrected chi connectivity index (χ1v) is 10.1. The number of ether oxygens (including phenoxy) is 3. The Hall–Kier alpha value is -2.85. The Morgan fingerprint density at radius 3 is 2.58 bits per heavy atom. The molecule has 2 aromatic rings. The summed E-state index contributed by atoms with van der Waals surface area (Å²) in [7, 11) is 0. The lowest BCUT2D eigenvalue weighted by atomic mass is 10.1. The number of fused-ring (bicyclic) bond motifs is 1. The number of hydrogen-bond acceptors (Lipinski definition) is 7. The molecule has 0 bridgehead atoms. The minimum atomic E-state index is -0.511. The van der Waals surface area contributed by atoms with Crippen LogP contribution in [-0.2, 0) is 20.8 Å². The number of nitro benzene ring substituents is 1. The Balaban J connectivity index is 1.30. The van der Waals surface area contributed by atoms with Crippen molar-refractivity contribution < 1.29 is 29.0 Å². The Kier molecular flexibility index (Phi) is 6.57. The average Bonchev–Trinajstić information content (AvgIpc) is 3.34. The van der Waals surface area contributed by atoms with Crippen molar-refractivity contribution in [1.82, 2.24) is 5.32 Å². The van der Waals surface area contributed by atoms with E-state index < -0.39 is 17.1 Å². The third kappa shape index (κ3) is 4.91.